The van der Waals surface area contributed by atoms with E-state index in [0.717, 1.165) is 16.9 Å². The highest BCUT2D eigenvalue weighted by molar-refractivity contribution is 6.42. The fourth-order valence-corrected chi connectivity index (χ4v) is 2.64. The molecule has 0 saturated carbocycles. The summed E-state index contributed by atoms with van der Waals surface area (Å²) in [5.41, 5.74) is 1.79. The van der Waals surface area contributed by atoms with Crippen LogP contribution in [-0.2, 0) is 18.0 Å². The summed E-state index contributed by atoms with van der Waals surface area (Å²) in [6.07, 6.45) is 0. The van der Waals surface area contributed by atoms with Crippen LogP contribution in [0.4, 0.5) is 0 Å². The Labute approximate surface area is 137 Å². The second-order valence-corrected chi connectivity index (χ2v) is 5.78. The Morgan fingerprint density at radius 3 is 2.71 bits per heavy atom. The first kappa shape index (κ1) is 14.8. The number of rotatable bonds is 3. The number of benzene rings is 2. The van der Waals surface area contributed by atoms with Gasteiger partial charge in [-0.2, -0.15) is 0 Å². The molecule has 0 spiro atoms. The third-order valence-corrected chi connectivity index (χ3v) is 3.99. The Hall–Kier alpha value is -1.13. The zero-order valence-electron chi connectivity index (χ0n) is 10.9. The van der Waals surface area contributed by atoms with Crippen LogP contribution in [0.15, 0.2) is 30.3 Å². The summed E-state index contributed by atoms with van der Waals surface area (Å²) in [7, 11) is 0. The van der Waals surface area contributed by atoms with Crippen LogP contribution in [-0.4, -0.2) is 6.79 Å². The molecule has 0 fully saturated rings. The minimum absolute atomic E-state index is 0.231. The number of halogens is 3. The molecule has 0 N–H and O–H groups in total. The van der Waals surface area contributed by atoms with Gasteiger partial charge in [0.15, 0.2) is 6.79 Å². The van der Waals surface area contributed by atoms with E-state index in [1.54, 1.807) is 18.2 Å². The molecule has 1 heterocycles. The van der Waals surface area contributed by atoms with E-state index in [1.165, 1.54) is 0 Å². The van der Waals surface area contributed by atoms with Gasteiger partial charge in [-0.25, -0.2) is 0 Å². The molecule has 0 bridgehead atoms. The second-order valence-electron chi connectivity index (χ2n) is 4.53. The third-order valence-electron chi connectivity index (χ3n) is 3.04. The van der Waals surface area contributed by atoms with Crippen molar-refractivity contribution < 1.29 is 14.2 Å². The summed E-state index contributed by atoms with van der Waals surface area (Å²) in [6.45, 7) is 1.03. The smallest absolute Gasteiger partial charge is 0.189 e. The molecular weight excluding hydrogens is 335 g/mol. The van der Waals surface area contributed by atoms with Crippen molar-refractivity contribution in [1.29, 1.82) is 0 Å². The Kier molecular flexibility index (Phi) is 4.45. The third kappa shape index (κ3) is 3.38. The van der Waals surface area contributed by atoms with Crippen molar-refractivity contribution in [1.82, 2.24) is 0 Å². The Morgan fingerprint density at radius 1 is 1.05 bits per heavy atom. The summed E-state index contributed by atoms with van der Waals surface area (Å²) >= 11 is 17.9. The molecule has 110 valence electrons. The Bertz CT molecular complexity index is 673. The highest BCUT2D eigenvalue weighted by atomic mass is 35.5. The van der Waals surface area contributed by atoms with Crippen molar-refractivity contribution in [2.45, 2.75) is 13.2 Å². The first-order valence-corrected chi connectivity index (χ1v) is 7.36. The van der Waals surface area contributed by atoms with Gasteiger partial charge in [-0.1, -0.05) is 34.8 Å². The molecule has 3 nitrogen and oxygen atoms in total. The lowest BCUT2D eigenvalue weighted by atomic mass is 10.1. The van der Waals surface area contributed by atoms with Crippen molar-refractivity contribution in [3.8, 4) is 11.5 Å². The lowest BCUT2D eigenvalue weighted by Crippen LogP contribution is -2.14. The van der Waals surface area contributed by atoms with Crippen LogP contribution in [0, 0.1) is 0 Å². The van der Waals surface area contributed by atoms with Crippen LogP contribution in [0.5, 0.6) is 11.5 Å². The molecule has 2 aromatic rings. The largest absolute Gasteiger partial charge is 0.489 e. The van der Waals surface area contributed by atoms with E-state index < -0.39 is 0 Å². The van der Waals surface area contributed by atoms with Crippen LogP contribution < -0.4 is 9.47 Å². The van der Waals surface area contributed by atoms with Crippen LogP contribution in [0.1, 0.15) is 11.1 Å². The molecule has 0 radical (unpaired) electrons. The fourth-order valence-electron chi connectivity index (χ4n) is 2.09. The minimum Gasteiger partial charge on any atom is -0.489 e. The van der Waals surface area contributed by atoms with Gasteiger partial charge in [-0.3, -0.25) is 0 Å². The van der Waals surface area contributed by atoms with Gasteiger partial charge in [0.2, 0.25) is 0 Å². The van der Waals surface area contributed by atoms with Crippen molar-refractivity contribution in [2.24, 2.45) is 0 Å². The summed E-state index contributed by atoms with van der Waals surface area (Å²) in [5.74, 6) is 1.40. The molecule has 3 rings (SSSR count). The molecule has 0 atom stereocenters. The van der Waals surface area contributed by atoms with Gasteiger partial charge in [0, 0.05) is 22.2 Å². The maximum atomic E-state index is 6.10. The molecule has 2 aromatic carbocycles. The first-order valence-electron chi connectivity index (χ1n) is 6.23. The van der Waals surface area contributed by atoms with Gasteiger partial charge in [-0.15, -0.1) is 0 Å². The molecular formula is C15H11Cl3O3. The van der Waals surface area contributed by atoms with Crippen molar-refractivity contribution >= 4 is 34.8 Å². The summed E-state index contributed by atoms with van der Waals surface area (Å²) < 4.78 is 16.5. The first-order chi connectivity index (χ1) is 10.1. The Balaban J connectivity index is 1.81. The van der Waals surface area contributed by atoms with Crippen molar-refractivity contribution in [3.63, 3.8) is 0 Å². The summed E-state index contributed by atoms with van der Waals surface area (Å²) in [4.78, 5) is 0. The van der Waals surface area contributed by atoms with Crippen LogP contribution in [0.3, 0.4) is 0 Å². The molecule has 0 saturated heterocycles. The van der Waals surface area contributed by atoms with Crippen LogP contribution in [0.25, 0.3) is 0 Å². The molecule has 0 aliphatic carbocycles. The molecule has 0 aromatic heterocycles. The van der Waals surface area contributed by atoms with Crippen LogP contribution >= 0.6 is 34.8 Å². The van der Waals surface area contributed by atoms with E-state index >= 15 is 0 Å². The maximum Gasteiger partial charge on any atom is 0.189 e. The average Bonchev–Trinajstić information content (AvgIpc) is 2.48. The lowest BCUT2D eigenvalue weighted by Gasteiger charge is -2.21. The Morgan fingerprint density at radius 2 is 1.90 bits per heavy atom. The standard InChI is InChI=1S/C15H11Cl3O3/c16-11-3-9-6-19-8-21-15(9)10(4-11)7-20-12-1-2-13(17)14(18)5-12/h1-5H,6-8H2. The lowest BCUT2D eigenvalue weighted by molar-refractivity contribution is -0.0175. The van der Waals surface area contributed by atoms with E-state index in [-0.39, 0.29) is 6.79 Å². The molecule has 1 aliphatic rings. The zero-order chi connectivity index (χ0) is 14.8. The number of hydrogen-bond acceptors (Lipinski definition) is 3. The fraction of sp³-hybridized carbons (Fsp3) is 0.200. The number of fused-ring (bicyclic) bond motifs is 1. The van der Waals surface area contributed by atoms with E-state index in [1.807, 2.05) is 12.1 Å². The van der Waals surface area contributed by atoms with Crippen LogP contribution in [0.2, 0.25) is 15.1 Å². The van der Waals surface area contributed by atoms with Crippen molar-refractivity contribution in [3.05, 3.63) is 56.5 Å². The predicted octanol–water partition coefficient (Wildman–Crippen LogP) is 5.09. The highest BCUT2D eigenvalue weighted by Crippen LogP contribution is 2.33. The van der Waals surface area contributed by atoms with E-state index in [9.17, 15) is 0 Å². The quantitative estimate of drug-likeness (QED) is 0.775. The van der Waals surface area contributed by atoms with Gasteiger partial charge in [0.1, 0.15) is 18.1 Å². The van der Waals surface area contributed by atoms with Crippen molar-refractivity contribution in [2.75, 3.05) is 6.79 Å². The second kappa shape index (κ2) is 6.32. The molecule has 21 heavy (non-hydrogen) atoms. The van der Waals surface area contributed by atoms with E-state index in [0.29, 0.717) is 34.0 Å². The summed E-state index contributed by atoms with van der Waals surface area (Å²) in [6, 6.07) is 8.78. The van der Waals surface area contributed by atoms with Gasteiger partial charge in [0.25, 0.3) is 0 Å². The highest BCUT2D eigenvalue weighted by Gasteiger charge is 2.17. The predicted molar refractivity (Wildman–Crippen MR) is 82.5 cm³/mol. The van der Waals surface area contributed by atoms with Gasteiger partial charge in [0.05, 0.1) is 16.7 Å². The number of hydrogen-bond donors (Lipinski definition) is 0. The monoisotopic (exact) mass is 344 g/mol. The molecule has 1 aliphatic heterocycles. The van der Waals surface area contributed by atoms with Gasteiger partial charge >= 0.3 is 0 Å². The topological polar surface area (TPSA) is 27.7 Å². The molecule has 6 heteroatoms. The van der Waals surface area contributed by atoms with E-state index in [4.69, 9.17) is 49.0 Å². The van der Waals surface area contributed by atoms with E-state index in [2.05, 4.69) is 0 Å². The normalized spacial score (nSPS) is 13.5. The SMILES string of the molecule is Clc1cc2c(c(COc3ccc(Cl)c(Cl)c3)c1)OCOC2. The minimum atomic E-state index is 0.231. The number of ether oxygens (including phenoxy) is 3. The van der Waals surface area contributed by atoms with Gasteiger partial charge < -0.3 is 14.2 Å². The van der Waals surface area contributed by atoms with Gasteiger partial charge in [-0.05, 0) is 24.3 Å². The maximum absolute atomic E-state index is 6.10. The molecule has 0 unspecified atom stereocenters. The summed E-state index contributed by atoms with van der Waals surface area (Å²) in [5, 5.41) is 1.56. The molecule has 0 amide bonds. The zero-order valence-corrected chi connectivity index (χ0v) is 13.1. The average molecular weight is 346 g/mol.